The normalized spacial score (nSPS) is 20.3. The molecule has 0 aromatic rings. The van der Waals surface area contributed by atoms with Crippen LogP contribution in [0, 0.1) is 5.92 Å². The van der Waals surface area contributed by atoms with Gasteiger partial charge in [0, 0.05) is 26.8 Å². The standard InChI is InChI=1S/C11H20ClNO2/c1-3-10(12)11(14)13-6-4-9(5-7-13)8-15-2/h9-10H,3-8H2,1-2H3. The van der Waals surface area contributed by atoms with Gasteiger partial charge in [0.05, 0.1) is 0 Å². The molecule has 0 aromatic carbocycles. The molecule has 1 unspecified atom stereocenters. The molecule has 0 spiro atoms. The second-order valence-corrected chi connectivity index (χ2v) is 4.63. The van der Waals surface area contributed by atoms with E-state index in [0.29, 0.717) is 12.3 Å². The number of piperidine rings is 1. The Bertz CT molecular complexity index is 203. The second kappa shape index (κ2) is 6.33. The summed E-state index contributed by atoms with van der Waals surface area (Å²) in [6, 6.07) is 0. The number of hydrogen-bond donors (Lipinski definition) is 0. The first-order valence-corrected chi connectivity index (χ1v) is 6.04. The molecule has 1 fully saturated rings. The number of carbonyl (C=O) groups is 1. The summed E-state index contributed by atoms with van der Waals surface area (Å²) in [6.45, 7) is 4.40. The van der Waals surface area contributed by atoms with Crippen LogP contribution in [0.2, 0.25) is 0 Å². The Morgan fingerprint density at radius 2 is 2.13 bits per heavy atom. The first-order valence-electron chi connectivity index (χ1n) is 5.60. The molecule has 1 rings (SSSR count). The van der Waals surface area contributed by atoms with E-state index < -0.39 is 0 Å². The zero-order valence-corrected chi connectivity index (χ0v) is 10.3. The highest BCUT2D eigenvalue weighted by Crippen LogP contribution is 2.19. The number of hydrogen-bond acceptors (Lipinski definition) is 2. The predicted octanol–water partition coefficient (Wildman–Crippen LogP) is 1.89. The smallest absolute Gasteiger partial charge is 0.240 e. The SMILES string of the molecule is CCC(Cl)C(=O)N1CCC(COC)CC1. The highest BCUT2D eigenvalue weighted by molar-refractivity contribution is 6.30. The van der Waals surface area contributed by atoms with Gasteiger partial charge >= 0.3 is 0 Å². The van der Waals surface area contributed by atoms with Gasteiger partial charge in [0.15, 0.2) is 0 Å². The minimum Gasteiger partial charge on any atom is -0.384 e. The molecule has 0 bridgehead atoms. The fraction of sp³-hybridized carbons (Fsp3) is 0.909. The van der Waals surface area contributed by atoms with E-state index in [9.17, 15) is 4.79 Å². The molecule has 3 nitrogen and oxygen atoms in total. The molecule has 1 saturated heterocycles. The molecule has 1 aliphatic rings. The molecule has 88 valence electrons. The number of nitrogens with zero attached hydrogens (tertiary/aromatic N) is 1. The van der Waals surface area contributed by atoms with Crippen molar-refractivity contribution in [2.24, 2.45) is 5.92 Å². The predicted molar refractivity (Wildman–Crippen MR) is 61.1 cm³/mol. The van der Waals surface area contributed by atoms with Crippen LogP contribution in [0.1, 0.15) is 26.2 Å². The molecule has 0 aliphatic carbocycles. The third kappa shape index (κ3) is 3.65. The molecule has 4 heteroatoms. The van der Waals surface area contributed by atoms with Gasteiger partial charge in [-0.1, -0.05) is 6.92 Å². The Hall–Kier alpha value is -0.280. The number of alkyl halides is 1. The van der Waals surface area contributed by atoms with Crippen molar-refractivity contribution >= 4 is 17.5 Å². The third-order valence-corrected chi connectivity index (χ3v) is 3.45. The summed E-state index contributed by atoms with van der Waals surface area (Å²) in [5, 5.41) is -0.344. The summed E-state index contributed by atoms with van der Waals surface area (Å²) in [7, 11) is 1.73. The summed E-state index contributed by atoms with van der Waals surface area (Å²) < 4.78 is 5.12. The minimum absolute atomic E-state index is 0.0926. The second-order valence-electron chi connectivity index (χ2n) is 4.10. The summed E-state index contributed by atoms with van der Waals surface area (Å²) in [6.07, 6.45) is 2.78. The molecule has 1 amide bonds. The Morgan fingerprint density at radius 3 is 2.60 bits per heavy atom. The van der Waals surface area contributed by atoms with Crippen LogP contribution < -0.4 is 0 Å². The zero-order chi connectivity index (χ0) is 11.3. The molecule has 0 N–H and O–H groups in total. The fourth-order valence-corrected chi connectivity index (χ4v) is 2.07. The van der Waals surface area contributed by atoms with Crippen LogP contribution in [0.15, 0.2) is 0 Å². The van der Waals surface area contributed by atoms with Crippen LogP contribution in [-0.2, 0) is 9.53 Å². The Morgan fingerprint density at radius 1 is 1.53 bits per heavy atom. The number of rotatable bonds is 4. The summed E-state index contributed by atoms with van der Waals surface area (Å²) in [4.78, 5) is 13.6. The van der Waals surface area contributed by atoms with Gasteiger partial charge in [-0.15, -0.1) is 11.6 Å². The van der Waals surface area contributed by atoms with Crippen LogP contribution in [0.4, 0.5) is 0 Å². The van der Waals surface area contributed by atoms with E-state index >= 15 is 0 Å². The van der Waals surface area contributed by atoms with Crippen molar-refractivity contribution in [3.8, 4) is 0 Å². The van der Waals surface area contributed by atoms with Crippen LogP contribution in [0.3, 0.4) is 0 Å². The molecule has 1 heterocycles. The highest BCUT2D eigenvalue weighted by Gasteiger charge is 2.25. The average molecular weight is 234 g/mol. The molecule has 0 aromatic heterocycles. The summed E-state index contributed by atoms with van der Waals surface area (Å²) in [5.74, 6) is 0.699. The van der Waals surface area contributed by atoms with Gasteiger partial charge in [0.2, 0.25) is 5.91 Å². The van der Waals surface area contributed by atoms with Crippen LogP contribution >= 0.6 is 11.6 Å². The first-order chi connectivity index (χ1) is 7.19. The monoisotopic (exact) mass is 233 g/mol. The molecular formula is C11H20ClNO2. The Labute approximate surface area is 96.7 Å². The lowest BCUT2D eigenvalue weighted by atomic mass is 9.97. The van der Waals surface area contributed by atoms with Gasteiger partial charge in [-0.3, -0.25) is 4.79 Å². The number of ether oxygens (including phenoxy) is 1. The Balaban J connectivity index is 2.33. The maximum atomic E-state index is 11.8. The van der Waals surface area contributed by atoms with Crippen molar-refractivity contribution in [2.75, 3.05) is 26.8 Å². The van der Waals surface area contributed by atoms with Crippen LogP contribution in [0.5, 0.6) is 0 Å². The van der Waals surface area contributed by atoms with Crippen molar-refractivity contribution in [2.45, 2.75) is 31.6 Å². The number of halogens is 1. The lowest BCUT2D eigenvalue weighted by Gasteiger charge is -2.32. The van der Waals surface area contributed by atoms with Crippen LogP contribution in [-0.4, -0.2) is 43.0 Å². The van der Waals surface area contributed by atoms with Crippen molar-refractivity contribution in [1.29, 1.82) is 0 Å². The first kappa shape index (κ1) is 12.8. The number of carbonyl (C=O) groups excluding carboxylic acids is 1. The van der Waals surface area contributed by atoms with E-state index in [-0.39, 0.29) is 11.3 Å². The quantitative estimate of drug-likeness (QED) is 0.694. The summed E-state index contributed by atoms with van der Waals surface area (Å²) in [5.41, 5.74) is 0. The molecular weight excluding hydrogens is 214 g/mol. The molecule has 0 radical (unpaired) electrons. The topological polar surface area (TPSA) is 29.5 Å². The van der Waals surface area contributed by atoms with Gasteiger partial charge in [0.25, 0.3) is 0 Å². The molecule has 1 aliphatic heterocycles. The zero-order valence-electron chi connectivity index (χ0n) is 9.54. The number of amides is 1. The van der Waals surface area contributed by atoms with Gasteiger partial charge in [-0.2, -0.15) is 0 Å². The van der Waals surface area contributed by atoms with Gasteiger partial charge in [0.1, 0.15) is 5.38 Å². The van der Waals surface area contributed by atoms with E-state index in [1.54, 1.807) is 7.11 Å². The van der Waals surface area contributed by atoms with E-state index in [1.807, 2.05) is 11.8 Å². The minimum atomic E-state index is -0.344. The van der Waals surface area contributed by atoms with Crippen molar-refractivity contribution in [1.82, 2.24) is 4.90 Å². The van der Waals surface area contributed by atoms with E-state index in [4.69, 9.17) is 16.3 Å². The van der Waals surface area contributed by atoms with Crippen molar-refractivity contribution in [3.05, 3.63) is 0 Å². The maximum absolute atomic E-state index is 11.8. The van der Waals surface area contributed by atoms with E-state index in [1.165, 1.54) is 0 Å². The van der Waals surface area contributed by atoms with Crippen molar-refractivity contribution < 1.29 is 9.53 Å². The number of likely N-dealkylation sites (tertiary alicyclic amines) is 1. The fourth-order valence-electron chi connectivity index (χ4n) is 1.93. The lowest BCUT2D eigenvalue weighted by molar-refractivity contribution is -0.132. The van der Waals surface area contributed by atoms with E-state index in [2.05, 4.69) is 0 Å². The largest absolute Gasteiger partial charge is 0.384 e. The lowest BCUT2D eigenvalue weighted by Crippen LogP contribution is -2.42. The van der Waals surface area contributed by atoms with Gasteiger partial charge in [-0.05, 0) is 25.2 Å². The molecule has 1 atom stereocenters. The van der Waals surface area contributed by atoms with Crippen molar-refractivity contribution in [3.63, 3.8) is 0 Å². The number of methoxy groups -OCH3 is 1. The summed E-state index contributed by atoms with van der Waals surface area (Å²) >= 11 is 5.93. The van der Waals surface area contributed by atoms with Gasteiger partial charge in [-0.25, -0.2) is 0 Å². The maximum Gasteiger partial charge on any atom is 0.240 e. The van der Waals surface area contributed by atoms with Crippen LogP contribution in [0.25, 0.3) is 0 Å². The average Bonchev–Trinajstić information content (AvgIpc) is 2.28. The van der Waals surface area contributed by atoms with Gasteiger partial charge < -0.3 is 9.64 Å². The molecule has 0 saturated carbocycles. The Kier molecular flexibility index (Phi) is 5.40. The highest BCUT2D eigenvalue weighted by atomic mass is 35.5. The third-order valence-electron chi connectivity index (χ3n) is 2.95. The molecule has 15 heavy (non-hydrogen) atoms. The van der Waals surface area contributed by atoms with E-state index in [0.717, 1.165) is 32.5 Å².